The topological polar surface area (TPSA) is 76.5 Å². The van der Waals surface area contributed by atoms with Gasteiger partial charge in [-0.15, -0.1) is 0 Å². The molecule has 156 valence electrons. The fraction of sp³-hybridized carbons (Fsp3) is 0.136. The van der Waals surface area contributed by atoms with E-state index in [0.29, 0.717) is 24.7 Å². The maximum Gasteiger partial charge on any atom is 0.250 e. The number of halogens is 3. The lowest BCUT2D eigenvalue weighted by Crippen LogP contribution is -2.15. The molecule has 0 aliphatic heterocycles. The first-order valence-electron chi connectivity index (χ1n) is 9.47. The minimum Gasteiger partial charge on any atom is -0.354 e. The first kappa shape index (κ1) is 21.4. The molecule has 31 heavy (non-hydrogen) atoms. The van der Waals surface area contributed by atoms with Crippen LogP contribution in [0, 0.1) is 0 Å². The summed E-state index contributed by atoms with van der Waals surface area (Å²) in [5.74, 6) is 0.789. The fourth-order valence-corrected chi connectivity index (χ4v) is 3.17. The van der Waals surface area contributed by atoms with Gasteiger partial charge in [0.2, 0.25) is 9.74 Å². The van der Waals surface area contributed by atoms with Crippen molar-refractivity contribution in [2.75, 3.05) is 11.9 Å². The molecule has 0 amide bonds. The fourth-order valence-electron chi connectivity index (χ4n) is 2.91. The van der Waals surface area contributed by atoms with Gasteiger partial charge in [-0.3, -0.25) is 9.97 Å². The summed E-state index contributed by atoms with van der Waals surface area (Å²) in [7, 11) is 0. The van der Waals surface area contributed by atoms with E-state index in [-0.39, 0.29) is 5.82 Å². The predicted octanol–water partition coefficient (Wildman–Crippen LogP) is 5.48. The smallest absolute Gasteiger partial charge is 0.250 e. The molecule has 0 atom stereocenters. The Hall–Kier alpha value is -2.80. The van der Waals surface area contributed by atoms with Crippen LogP contribution in [0.3, 0.4) is 0 Å². The summed E-state index contributed by atoms with van der Waals surface area (Å²) < 4.78 is -1.77. The van der Waals surface area contributed by atoms with E-state index in [1.807, 2.05) is 42.5 Å². The van der Waals surface area contributed by atoms with Crippen molar-refractivity contribution >= 4 is 40.8 Å². The second kappa shape index (κ2) is 9.56. The molecule has 2 heterocycles. The third-order valence-corrected chi connectivity index (χ3v) is 4.93. The lowest BCUT2D eigenvalue weighted by atomic mass is 10.0. The highest BCUT2D eigenvalue weighted by Crippen LogP contribution is 2.37. The van der Waals surface area contributed by atoms with Crippen molar-refractivity contribution in [3.8, 4) is 22.5 Å². The largest absolute Gasteiger partial charge is 0.354 e. The molecule has 0 radical (unpaired) electrons. The third kappa shape index (κ3) is 5.67. The van der Waals surface area contributed by atoms with Crippen molar-refractivity contribution in [3.63, 3.8) is 0 Å². The van der Waals surface area contributed by atoms with Crippen molar-refractivity contribution in [1.29, 1.82) is 0 Å². The van der Waals surface area contributed by atoms with Crippen LogP contribution in [0.15, 0.2) is 73.2 Å². The molecule has 4 rings (SSSR count). The highest BCUT2D eigenvalue weighted by molar-refractivity contribution is 6.66. The van der Waals surface area contributed by atoms with Gasteiger partial charge in [-0.25, -0.2) is 4.98 Å². The Morgan fingerprint density at radius 3 is 2.16 bits per heavy atom. The average Bonchev–Trinajstić information content (AvgIpc) is 2.80. The van der Waals surface area contributed by atoms with Gasteiger partial charge in [0.05, 0.1) is 5.69 Å². The van der Waals surface area contributed by atoms with E-state index in [1.165, 1.54) is 0 Å². The van der Waals surface area contributed by atoms with Gasteiger partial charge in [-0.1, -0.05) is 89.4 Å². The van der Waals surface area contributed by atoms with Gasteiger partial charge in [0, 0.05) is 37.1 Å². The van der Waals surface area contributed by atoms with Gasteiger partial charge in [0.25, 0.3) is 0 Å². The van der Waals surface area contributed by atoms with E-state index < -0.39 is 3.79 Å². The quantitative estimate of drug-likeness (QED) is 0.375. The minimum atomic E-state index is -1.77. The lowest BCUT2D eigenvalue weighted by molar-refractivity contribution is 0.889. The zero-order chi connectivity index (χ0) is 21.7. The van der Waals surface area contributed by atoms with E-state index in [2.05, 4.69) is 42.4 Å². The Kier molecular flexibility index (Phi) is 6.61. The summed E-state index contributed by atoms with van der Waals surface area (Å²) in [5, 5.41) is 3.15. The summed E-state index contributed by atoms with van der Waals surface area (Å²) in [6.07, 6.45) is 5.63. The Morgan fingerprint density at radius 1 is 0.774 bits per heavy atom. The van der Waals surface area contributed by atoms with E-state index in [4.69, 9.17) is 34.8 Å². The molecule has 6 nitrogen and oxygen atoms in total. The van der Waals surface area contributed by atoms with Gasteiger partial charge in [-0.05, 0) is 11.1 Å². The molecular weight excluding hydrogens is 455 g/mol. The first-order chi connectivity index (χ1) is 15.0. The SMILES string of the molecule is ClC(Cl)(Cl)c1nc(NCCc2cnccn2)nc(-c2ccc(-c3ccccc3)cc2)n1. The number of nitrogens with zero attached hydrogens (tertiary/aromatic N) is 5. The van der Waals surface area contributed by atoms with Crippen LogP contribution in [0.5, 0.6) is 0 Å². The summed E-state index contributed by atoms with van der Waals surface area (Å²) in [6, 6.07) is 18.0. The van der Waals surface area contributed by atoms with Crippen LogP contribution < -0.4 is 5.32 Å². The van der Waals surface area contributed by atoms with Gasteiger partial charge in [-0.2, -0.15) is 9.97 Å². The first-order valence-corrected chi connectivity index (χ1v) is 10.6. The molecule has 4 aromatic rings. The van der Waals surface area contributed by atoms with E-state index in [9.17, 15) is 0 Å². The molecule has 9 heteroatoms. The van der Waals surface area contributed by atoms with Crippen molar-refractivity contribution in [1.82, 2.24) is 24.9 Å². The van der Waals surface area contributed by atoms with Gasteiger partial charge in [0.1, 0.15) is 0 Å². The van der Waals surface area contributed by atoms with Crippen molar-refractivity contribution < 1.29 is 0 Å². The molecule has 0 saturated heterocycles. The van der Waals surface area contributed by atoms with E-state index in [1.54, 1.807) is 18.6 Å². The zero-order valence-electron chi connectivity index (χ0n) is 16.2. The van der Waals surface area contributed by atoms with Crippen LogP contribution in [-0.4, -0.2) is 31.5 Å². The number of hydrogen-bond donors (Lipinski definition) is 1. The monoisotopic (exact) mass is 470 g/mol. The van der Waals surface area contributed by atoms with Crippen LogP contribution in [0.4, 0.5) is 5.95 Å². The average molecular weight is 472 g/mol. The van der Waals surface area contributed by atoms with Crippen LogP contribution in [0.2, 0.25) is 0 Å². The Bertz CT molecular complexity index is 1130. The maximum atomic E-state index is 6.06. The molecule has 1 N–H and O–H groups in total. The second-order valence-corrected chi connectivity index (χ2v) is 8.90. The third-order valence-electron chi connectivity index (χ3n) is 4.42. The molecule has 0 spiro atoms. The minimum absolute atomic E-state index is 0.0524. The van der Waals surface area contributed by atoms with Crippen molar-refractivity contribution in [2.24, 2.45) is 0 Å². The number of hydrogen-bond acceptors (Lipinski definition) is 6. The number of benzene rings is 2. The van der Waals surface area contributed by atoms with Crippen LogP contribution in [0.25, 0.3) is 22.5 Å². The second-order valence-electron chi connectivity index (χ2n) is 6.62. The molecule has 2 aromatic heterocycles. The standard InChI is InChI=1S/C22H17Cl3N6/c23-22(24,25)20-29-19(17-8-6-16(7-9-17)15-4-2-1-3-5-15)30-21(31-20)28-11-10-18-14-26-12-13-27-18/h1-9,12-14H,10-11H2,(H,28,29,30,31). The van der Waals surface area contributed by atoms with Crippen LogP contribution in [0.1, 0.15) is 11.5 Å². The van der Waals surface area contributed by atoms with Gasteiger partial charge < -0.3 is 5.32 Å². The Morgan fingerprint density at radius 2 is 1.48 bits per heavy atom. The number of nitrogens with one attached hydrogen (secondary N) is 1. The van der Waals surface area contributed by atoms with E-state index >= 15 is 0 Å². The summed E-state index contributed by atoms with van der Waals surface area (Å²) in [6.45, 7) is 0.536. The number of anilines is 1. The maximum absolute atomic E-state index is 6.06. The highest BCUT2D eigenvalue weighted by atomic mass is 35.6. The molecular formula is C22H17Cl3N6. The summed E-state index contributed by atoms with van der Waals surface area (Å²) in [4.78, 5) is 21.4. The molecule has 0 aliphatic carbocycles. The normalized spacial score (nSPS) is 11.3. The summed E-state index contributed by atoms with van der Waals surface area (Å²) in [5.41, 5.74) is 3.84. The van der Waals surface area contributed by atoms with Crippen LogP contribution >= 0.6 is 34.8 Å². The molecule has 2 aromatic carbocycles. The van der Waals surface area contributed by atoms with Gasteiger partial charge >= 0.3 is 0 Å². The van der Waals surface area contributed by atoms with Crippen molar-refractivity contribution in [3.05, 3.63) is 84.7 Å². The highest BCUT2D eigenvalue weighted by Gasteiger charge is 2.28. The number of rotatable bonds is 6. The Labute approximate surface area is 194 Å². The lowest BCUT2D eigenvalue weighted by Gasteiger charge is -2.13. The molecule has 0 unspecified atom stereocenters. The molecule has 0 saturated carbocycles. The molecule has 0 bridgehead atoms. The van der Waals surface area contributed by atoms with Crippen LogP contribution in [-0.2, 0) is 10.2 Å². The van der Waals surface area contributed by atoms with E-state index in [0.717, 1.165) is 22.4 Å². The summed E-state index contributed by atoms with van der Waals surface area (Å²) >= 11 is 18.2. The number of alkyl halides is 3. The number of aromatic nitrogens is 5. The molecule has 0 aliphatic rings. The molecule has 0 fully saturated rings. The predicted molar refractivity (Wildman–Crippen MR) is 124 cm³/mol. The zero-order valence-corrected chi connectivity index (χ0v) is 18.5. The van der Waals surface area contributed by atoms with Crippen molar-refractivity contribution in [2.45, 2.75) is 10.2 Å². The Balaban J connectivity index is 1.58. The van der Waals surface area contributed by atoms with Gasteiger partial charge in [0.15, 0.2) is 11.6 Å².